The van der Waals surface area contributed by atoms with Crippen LogP contribution in [0.4, 0.5) is 4.39 Å². The average molecular weight is 394 g/mol. The average Bonchev–Trinajstić information content (AvgIpc) is 2.45. The molecule has 0 aliphatic heterocycles. The first kappa shape index (κ1) is 16.4. The van der Waals surface area contributed by atoms with E-state index >= 15 is 0 Å². The number of halogens is 4. The lowest BCUT2D eigenvalue weighted by molar-refractivity contribution is 0.351. The van der Waals surface area contributed by atoms with Crippen LogP contribution in [0, 0.1) is 5.82 Å². The lowest BCUT2D eigenvalue weighted by Crippen LogP contribution is -2.00. The fourth-order valence-corrected chi connectivity index (χ4v) is 3.12. The van der Waals surface area contributed by atoms with Crippen molar-refractivity contribution >= 4 is 39.1 Å². The zero-order valence-corrected chi connectivity index (χ0v) is 14.4. The van der Waals surface area contributed by atoms with E-state index in [1.807, 2.05) is 0 Å². The van der Waals surface area contributed by atoms with Crippen LogP contribution in [0.25, 0.3) is 0 Å². The van der Waals surface area contributed by atoms with Gasteiger partial charge in [-0.3, -0.25) is 0 Å². The topological polar surface area (TPSA) is 18.5 Å². The number of alkyl halides is 1. The Morgan fingerprint density at radius 1 is 0.952 bits per heavy atom. The summed E-state index contributed by atoms with van der Waals surface area (Å²) in [6.45, 7) is 0. The van der Waals surface area contributed by atoms with Crippen molar-refractivity contribution in [2.75, 3.05) is 14.2 Å². The monoisotopic (exact) mass is 392 g/mol. The van der Waals surface area contributed by atoms with E-state index in [9.17, 15) is 4.39 Å². The van der Waals surface area contributed by atoms with E-state index in [0.29, 0.717) is 27.1 Å². The standard InChI is InChI=1S/C15H12BrCl2FO2/c1-20-13-6-11(12(19)7-14(13)21-2)15(16)8-3-9(17)5-10(18)4-8/h3-7,15H,1-2H3. The normalized spacial score (nSPS) is 12.1. The molecule has 0 saturated heterocycles. The summed E-state index contributed by atoms with van der Waals surface area (Å²) >= 11 is 15.4. The molecule has 0 saturated carbocycles. The predicted molar refractivity (Wildman–Crippen MR) is 86.7 cm³/mol. The molecule has 1 unspecified atom stereocenters. The Labute approximate surface area is 140 Å². The summed E-state index contributed by atoms with van der Waals surface area (Å²) in [6.07, 6.45) is 0. The van der Waals surface area contributed by atoms with Crippen molar-refractivity contribution in [1.29, 1.82) is 0 Å². The quantitative estimate of drug-likeness (QED) is 0.626. The van der Waals surface area contributed by atoms with E-state index < -0.39 is 10.6 Å². The fourth-order valence-electron chi connectivity index (χ4n) is 1.97. The lowest BCUT2D eigenvalue weighted by Gasteiger charge is -2.16. The van der Waals surface area contributed by atoms with Gasteiger partial charge >= 0.3 is 0 Å². The van der Waals surface area contributed by atoms with Gasteiger partial charge in [0.2, 0.25) is 0 Å². The second kappa shape index (κ2) is 6.86. The third kappa shape index (κ3) is 3.62. The third-order valence-electron chi connectivity index (χ3n) is 2.95. The smallest absolute Gasteiger partial charge is 0.163 e. The van der Waals surface area contributed by atoms with Gasteiger partial charge in [-0.15, -0.1) is 0 Å². The molecule has 0 aliphatic rings. The fraction of sp³-hybridized carbons (Fsp3) is 0.200. The molecule has 112 valence electrons. The van der Waals surface area contributed by atoms with Gasteiger partial charge < -0.3 is 9.47 Å². The molecular formula is C15H12BrCl2FO2. The highest BCUT2D eigenvalue weighted by Crippen LogP contribution is 2.39. The molecular weight excluding hydrogens is 382 g/mol. The van der Waals surface area contributed by atoms with Gasteiger partial charge in [-0.2, -0.15) is 0 Å². The van der Waals surface area contributed by atoms with Crippen LogP contribution >= 0.6 is 39.1 Å². The summed E-state index contributed by atoms with van der Waals surface area (Å²) in [4.78, 5) is -0.409. The Morgan fingerprint density at radius 3 is 2.00 bits per heavy atom. The van der Waals surface area contributed by atoms with Gasteiger partial charge in [0.05, 0.1) is 19.0 Å². The minimum atomic E-state index is -0.411. The molecule has 21 heavy (non-hydrogen) atoms. The van der Waals surface area contributed by atoms with Gasteiger partial charge in [0, 0.05) is 21.7 Å². The Kier molecular flexibility index (Phi) is 5.36. The largest absolute Gasteiger partial charge is 0.493 e. The van der Waals surface area contributed by atoms with Crippen LogP contribution in [-0.2, 0) is 0 Å². The van der Waals surface area contributed by atoms with Gasteiger partial charge in [-0.1, -0.05) is 39.1 Å². The third-order valence-corrected chi connectivity index (χ3v) is 4.41. The second-order valence-electron chi connectivity index (χ2n) is 4.29. The Bertz CT molecular complexity index is 644. The molecule has 0 fully saturated rings. The van der Waals surface area contributed by atoms with Crippen molar-refractivity contribution in [3.05, 3.63) is 57.3 Å². The van der Waals surface area contributed by atoms with E-state index in [4.69, 9.17) is 32.7 Å². The first-order valence-electron chi connectivity index (χ1n) is 5.97. The van der Waals surface area contributed by atoms with Crippen LogP contribution in [-0.4, -0.2) is 14.2 Å². The molecule has 2 nitrogen and oxygen atoms in total. The molecule has 0 aromatic heterocycles. The van der Waals surface area contributed by atoms with Gasteiger partial charge in [-0.25, -0.2) is 4.39 Å². The molecule has 1 atom stereocenters. The SMILES string of the molecule is COc1cc(F)c(C(Br)c2cc(Cl)cc(Cl)c2)cc1OC. The number of hydrogen-bond acceptors (Lipinski definition) is 2. The molecule has 0 bridgehead atoms. The number of rotatable bonds is 4. The Hall–Kier alpha value is -0.970. The van der Waals surface area contributed by atoms with E-state index in [-0.39, 0.29) is 0 Å². The lowest BCUT2D eigenvalue weighted by atomic mass is 10.0. The highest BCUT2D eigenvalue weighted by Gasteiger charge is 2.19. The minimum absolute atomic E-state index is 0.336. The maximum Gasteiger partial charge on any atom is 0.163 e. The molecule has 0 N–H and O–H groups in total. The number of hydrogen-bond donors (Lipinski definition) is 0. The Morgan fingerprint density at radius 2 is 1.48 bits per heavy atom. The van der Waals surface area contributed by atoms with Gasteiger partial charge in [-0.05, 0) is 29.8 Å². The van der Waals surface area contributed by atoms with Crippen molar-refractivity contribution in [2.24, 2.45) is 0 Å². The van der Waals surface area contributed by atoms with Gasteiger partial charge in [0.15, 0.2) is 11.5 Å². The summed E-state index contributed by atoms with van der Waals surface area (Å²) in [5.74, 6) is 0.375. The van der Waals surface area contributed by atoms with Crippen LogP contribution < -0.4 is 9.47 Å². The zero-order chi connectivity index (χ0) is 15.6. The minimum Gasteiger partial charge on any atom is -0.493 e. The van der Waals surface area contributed by atoms with Crippen molar-refractivity contribution in [3.8, 4) is 11.5 Å². The second-order valence-corrected chi connectivity index (χ2v) is 6.08. The first-order valence-corrected chi connectivity index (χ1v) is 7.65. The summed E-state index contributed by atoms with van der Waals surface area (Å²) in [5, 5.41) is 0.977. The van der Waals surface area contributed by atoms with Crippen LogP contribution in [0.1, 0.15) is 16.0 Å². The van der Waals surface area contributed by atoms with Crippen LogP contribution in [0.5, 0.6) is 11.5 Å². The zero-order valence-electron chi connectivity index (χ0n) is 11.3. The highest BCUT2D eigenvalue weighted by molar-refractivity contribution is 9.09. The van der Waals surface area contributed by atoms with Crippen molar-refractivity contribution in [1.82, 2.24) is 0 Å². The molecule has 6 heteroatoms. The van der Waals surface area contributed by atoms with Gasteiger partial charge in [0.25, 0.3) is 0 Å². The van der Waals surface area contributed by atoms with Crippen LogP contribution in [0.3, 0.4) is 0 Å². The molecule has 0 radical (unpaired) electrons. The summed E-state index contributed by atoms with van der Waals surface area (Å²) in [7, 11) is 2.96. The van der Waals surface area contributed by atoms with Crippen LogP contribution in [0.2, 0.25) is 10.0 Å². The van der Waals surface area contributed by atoms with E-state index in [0.717, 1.165) is 5.56 Å². The predicted octanol–water partition coefficient (Wildman–Crippen LogP) is 5.63. The van der Waals surface area contributed by atoms with Crippen LogP contribution in [0.15, 0.2) is 30.3 Å². The maximum atomic E-state index is 14.3. The number of benzene rings is 2. The summed E-state index contributed by atoms with van der Waals surface area (Å²) in [5.41, 5.74) is 1.16. The first-order chi connectivity index (χ1) is 9.96. The molecule has 2 rings (SSSR count). The highest BCUT2D eigenvalue weighted by atomic mass is 79.9. The Balaban J connectivity index is 2.49. The molecule has 0 aliphatic carbocycles. The molecule has 0 spiro atoms. The van der Waals surface area contributed by atoms with Gasteiger partial charge in [0.1, 0.15) is 5.82 Å². The van der Waals surface area contributed by atoms with Crippen molar-refractivity contribution in [3.63, 3.8) is 0 Å². The maximum absolute atomic E-state index is 14.3. The molecule has 2 aromatic carbocycles. The molecule has 0 heterocycles. The number of methoxy groups -OCH3 is 2. The number of ether oxygens (including phenoxy) is 2. The van der Waals surface area contributed by atoms with E-state index in [1.165, 1.54) is 20.3 Å². The summed E-state index contributed by atoms with van der Waals surface area (Å²) in [6, 6.07) is 7.94. The summed E-state index contributed by atoms with van der Waals surface area (Å²) < 4.78 is 24.5. The molecule has 0 amide bonds. The molecule has 2 aromatic rings. The van der Waals surface area contributed by atoms with Crippen molar-refractivity contribution < 1.29 is 13.9 Å². The van der Waals surface area contributed by atoms with E-state index in [1.54, 1.807) is 24.3 Å². The van der Waals surface area contributed by atoms with Crippen molar-refractivity contribution in [2.45, 2.75) is 4.83 Å². The van der Waals surface area contributed by atoms with E-state index in [2.05, 4.69) is 15.9 Å².